The first-order valence-electron chi connectivity index (χ1n) is 3.64. The van der Waals surface area contributed by atoms with E-state index in [9.17, 15) is 4.79 Å². The Hall–Kier alpha value is -0.790. The monoisotopic (exact) mass is 140 g/mol. The minimum Gasteiger partial charge on any atom is -0.516 e. The van der Waals surface area contributed by atoms with Crippen molar-refractivity contribution in [1.82, 2.24) is 0 Å². The molecule has 0 saturated heterocycles. The highest BCUT2D eigenvalue weighted by Gasteiger charge is 2.24. The number of Topliss-reactive ketones (excluding diaryl/α,β-unsaturated/α-hetero) is 1. The third-order valence-corrected chi connectivity index (χ3v) is 1.88. The number of rotatable bonds is 3. The predicted octanol–water partition coefficient (Wildman–Crippen LogP) is 1.82. The van der Waals surface area contributed by atoms with E-state index in [4.69, 9.17) is 5.11 Å². The summed E-state index contributed by atoms with van der Waals surface area (Å²) in [4.78, 5) is 10.5. The van der Waals surface area contributed by atoms with Crippen LogP contribution in [0.4, 0.5) is 0 Å². The standard InChI is InChI=1S/C8H12O2/c9-4-2-1-3-7-5-8(10)6-7/h2,4,7,9H,1,3,5-6H2/b4-2-. The van der Waals surface area contributed by atoms with Crippen LogP contribution in [0.3, 0.4) is 0 Å². The van der Waals surface area contributed by atoms with Crippen LogP contribution < -0.4 is 0 Å². The number of allylic oxidation sites excluding steroid dienone is 1. The number of hydrogen-bond acceptors (Lipinski definition) is 2. The molecule has 0 aromatic heterocycles. The third-order valence-electron chi connectivity index (χ3n) is 1.88. The van der Waals surface area contributed by atoms with Crippen LogP contribution >= 0.6 is 0 Å². The Morgan fingerprint density at radius 3 is 2.80 bits per heavy atom. The van der Waals surface area contributed by atoms with Crippen molar-refractivity contribution in [2.45, 2.75) is 25.7 Å². The van der Waals surface area contributed by atoms with E-state index in [1.807, 2.05) is 0 Å². The molecule has 0 bridgehead atoms. The molecule has 56 valence electrons. The maximum absolute atomic E-state index is 10.5. The van der Waals surface area contributed by atoms with Crippen molar-refractivity contribution in [2.24, 2.45) is 5.92 Å². The fraction of sp³-hybridized carbons (Fsp3) is 0.625. The lowest BCUT2D eigenvalue weighted by Crippen LogP contribution is -2.22. The first-order valence-corrected chi connectivity index (χ1v) is 3.64. The summed E-state index contributed by atoms with van der Waals surface area (Å²) in [6, 6.07) is 0. The lowest BCUT2D eigenvalue weighted by molar-refractivity contribution is -0.126. The SMILES string of the molecule is O=C1CC(CC/C=C\O)C1. The summed E-state index contributed by atoms with van der Waals surface area (Å²) < 4.78 is 0. The lowest BCUT2D eigenvalue weighted by atomic mass is 9.81. The van der Waals surface area contributed by atoms with Crippen molar-refractivity contribution in [1.29, 1.82) is 0 Å². The molecule has 10 heavy (non-hydrogen) atoms. The fourth-order valence-corrected chi connectivity index (χ4v) is 1.19. The van der Waals surface area contributed by atoms with Crippen molar-refractivity contribution in [3.63, 3.8) is 0 Å². The fourth-order valence-electron chi connectivity index (χ4n) is 1.19. The summed E-state index contributed by atoms with van der Waals surface area (Å²) in [5.74, 6) is 0.988. The van der Waals surface area contributed by atoms with Crippen LogP contribution in [0.2, 0.25) is 0 Å². The maximum atomic E-state index is 10.5. The number of aliphatic hydroxyl groups excluding tert-OH is 1. The van der Waals surface area contributed by atoms with Crippen LogP contribution in [0, 0.1) is 5.92 Å². The average molecular weight is 140 g/mol. The summed E-state index contributed by atoms with van der Waals surface area (Å²) in [5.41, 5.74) is 0. The maximum Gasteiger partial charge on any atom is 0.133 e. The van der Waals surface area contributed by atoms with Gasteiger partial charge < -0.3 is 5.11 Å². The largest absolute Gasteiger partial charge is 0.516 e. The van der Waals surface area contributed by atoms with Crippen molar-refractivity contribution in [3.05, 3.63) is 12.3 Å². The summed E-state index contributed by atoms with van der Waals surface area (Å²) in [6.45, 7) is 0. The molecule has 1 saturated carbocycles. The van der Waals surface area contributed by atoms with Crippen molar-refractivity contribution < 1.29 is 9.90 Å². The quantitative estimate of drug-likeness (QED) is 0.607. The molecule has 1 aliphatic carbocycles. The van der Waals surface area contributed by atoms with E-state index in [0.717, 1.165) is 31.9 Å². The Labute approximate surface area is 60.6 Å². The molecule has 0 aromatic rings. The van der Waals surface area contributed by atoms with E-state index in [1.165, 1.54) is 0 Å². The first-order chi connectivity index (χ1) is 4.83. The van der Waals surface area contributed by atoms with Gasteiger partial charge in [0.2, 0.25) is 0 Å². The molecule has 0 aliphatic heterocycles. The van der Waals surface area contributed by atoms with Crippen LogP contribution in [-0.4, -0.2) is 10.9 Å². The van der Waals surface area contributed by atoms with Crippen LogP contribution in [0.25, 0.3) is 0 Å². The van der Waals surface area contributed by atoms with Crippen molar-refractivity contribution >= 4 is 5.78 Å². The highest BCUT2D eigenvalue weighted by atomic mass is 16.2. The normalized spacial score (nSPS) is 19.8. The Kier molecular flexibility index (Phi) is 2.49. The Bertz CT molecular complexity index is 141. The molecule has 0 spiro atoms. The zero-order valence-corrected chi connectivity index (χ0v) is 5.92. The van der Waals surface area contributed by atoms with Crippen molar-refractivity contribution in [2.75, 3.05) is 0 Å². The summed E-state index contributed by atoms with van der Waals surface area (Å²) in [5, 5.41) is 8.27. The zero-order chi connectivity index (χ0) is 7.40. The number of ketones is 1. The summed E-state index contributed by atoms with van der Waals surface area (Å²) >= 11 is 0. The van der Waals surface area contributed by atoms with Gasteiger partial charge in [0.25, 0.3) is 0 Å². The molecule has 0 heterocycles. The smallest absolute Gasteiger partial charge is 0.133 e. The molecule has 0 amide bonds. The second-order valence-electron chi connectivity index (χ2n) is 2.78. The molecule has 1 fully saturated rings. The molecule has 0 atom stereocenters. The van der Waals surface area contributed by atoms with Gasteiger partial charge in [-0.1, -0.05) is 6.08 Å². The van der Waals surface area contributed by atoms with Gasteiger partial charge in [0.15, 0.2) is 0 Å². The van der Waals surface area contributed by atoms with Gasteiger partial charge in [0.05, 0.1) is 6.26 Å². The van der Waals surface area contributed by atoms with Crippen molar-refractivity contribution in [3.8, 4) is 0 Å². The zero-order valence-electron chi connectivity index (χ0n) is 5.92. The van der Waals surface area contributed by atoms with Crippen LogP contribution in [0.5, 0.6) is 0 Å². The Morgan fingerprint density at radius 2 is 2.30 bits per heavy atom. The molecule has 2 heteroatoms. The molecular formula is C8H12O2. The van der Waals surface area contributed by atoms with Gasteiger partial charge >= 0.3 is 0 Å². The van der Waals surface area contributed by atoms with E-state index in [2.05, 4.69) is 0 Å². The molecule has 1 N–H and O–H groups in total. The van der Waals surface area contributed by atoms with Gasteiger partial charge in [-0.3, -0.25) is 4.79 Å². The Balaban J connectivity index is 2.00. The molecule has 1 rings (SSSR count). The lowest BCUT2D eigenvalue weighted by Gasteiger charge is -2.22. The van der Waals surface area contributed by atoms with Gasteiger partial charge in [-0.2, -0.15) is 0 Å². The second-order valence-corrected chi connectivity index (χ2v) is 2.78. The predicted molar refractivity (Wildman–Crippen MR) is 38.7 cm³/mol. The molecule has 1 aliphatic rings. The first kappa shape index (κ1) is 7.32. The number of hydrogen-bond donors (Lipinski definition) is 1. The van der Waals surface area contributed by atoms with Gasteiger partial charge in [-0.05, 0) is 18.8 Å². The highest BCUT2D eigenvalue weighted by molar-refractivity contribution is 5.84. The van der Waals surface area contributed by atoms with E-state index in [-0.39, 0.29) is 0 Å². The molecule has 0 radical (unpaired) electrons. The third kappa shape index (κ3) is 1.87. The van der Waals surface area contributed by atoms with Gasteiger partial charge in [0.1, 0.15) is 5.78 Å². The number of carbonyl (C=O) groups excluding carboxylic acids is 1. The van der Waals surface area contributed by atoms with Gasteiger partial charge in [-0.15, -0.1) is 0 Å². The summed E-state index contributed by atoms with van der Waals surface area (Å²) in [7, 11) is 0. The summed E-state index contributed by atoms with van der Waals surface area (Å²) in [6.07, 6.45) is 6.26. The van der Waals surface area contributed by atoms with E-state index in [1.54, 1.807) is 6.08 Å². The van der Waals surface area contributed by atoms with Crippen LogP contribution in [-0.2, 0) is 4.79 Å². The topological polar surface area (TPSA) is 37.3 Å². The second kappa shape index (κ2) is 3.40. The van der Waals surface area contributed by atoms with Crippen LogP contribution in [0.15, 0.2) is 12.3 Å². The number of carbonyl (C=O) groups is 1. The molecule has 0 unspecified atom stereocenters. The van der Waals surface area contributed by atoms with E-state index < -0.39 is 0 Å². The molecular weight excluding hydrogens is 128 g/mol. The van der Waals surface area contributed by atoms with Gasteiger partial charge in [-0.25, -0.2) is 0 Å². The molecule has 0 aromatic carbocycles. The number of aliphatic hydroxyl groups is 1. The minimum atomic E-state index is 0.387. The average Bonchev–Trinajstić information content (AvgIpc) is 1.85. The van der Waals surface area contributed by atoms with Crippen LogP contribution in [0.1, 0.15) is 25.7 Å². The van der Waals surface area contributed by atoms with E-state index >= 15 is 0 Å². The Morgan fingerprint density at radius 1 is 1.60 bits per heavy atom. The minimum absolute atomic E-state index is 0.387. The van der Waals surface area contributed by atoms with Gasteiger partial charge in [0, 0.05) is 12.8 Å². The van der Waals surface area contributed by atoms with E-state index in [0.29, 0.717) is 11.7 Å². The molecule has 2 nitrogen and oxygen atoms in total. The highest BCUT2D eigenvalue weighted by Crippen LogP contribution is 2.27.